The standard InChI is InChI=1S/C21H16FN7O/c22-15-4-1-12(2-5-15)18(10-30)28-21-23-8-14-7-13(3-6-17(14)27-21)19-16-9-26-29-20(16)25-11-24-19/h1-9,11,18,30H,10H2,(H,23,27,28)(H,24,25,26,29). The Hall–Kier alpha value is -3.98. The Labute approximate surface area is 169 Å². The fourth-order valence-electron chi connectivity index (χ4n) is 3.33. The van der Waals surface area contributed by atoms with Crippen molar-refractivity contribution < 1.29 is 9.50 Å². The van der Waals surface area contributed by atoms with Gasteiger partial charge < -0.3 is 10.4 Å². The van der Waals surface area contributed by atoms with Crippen molar-refractivity contribution in [1.29, 1.82) is 0 Å². The Bertz CT molecular complexity index is 1340. The van der Waals surface area contributed by atoms with Crippen LogP contribution in [0.25, 0.3) is 33.2 Å². The molecule has 0 amide bonds. The number of anilines is 1. The van der Waals surface area contributed by atoms with Crippen LogP contribution in [0.5, 0.6) is 0 Å². The van der Waals surface area contributed by atoms with Crippen LogP contribution in [0, 0.1) is 5.82 Å². The average Bonchev–Trinajstić information content (AvgIpc) is 3.27. The molecular weight excluding hydrogens is 385 g/mol. The topological polar surface area (TPSA) is 112 Å². The number of aliphatic hydroxyl groups excluding tert-OH is 1. The van der Waals surface area contributed by atoms with Gasteiger partial charge in [0, 0.05) is 17.1 Å². The monoisotopic (exact) mass is 401 g/mol. The fourth-order valence-corrected chi connectivity index (χ4v) is 3.33. The quantitative estimate of drug-likeness (QED) is 0.414. The lowest BCUT2D eigenvalue weighted by Crippen LogP contribution is -2.16. The Balaban J connectivity index is 1.46. The first-order valence-corrected chi connectivity index (χ1v) is 9.25. The van der Waals surface area contributed by atoms with Gasteiger partial charge in [0.05, 0.1) is 35.4 Å². The minimum Gasteiger partial charge on any atom is -0.394 e. The van der Waals surface area contributed by atoms with Gasteiger partial charge in [-0.15, -0.1) is 0 Å². The molecular formula is C21H16FN7O. The fraction of sp³-hybridized carbons (Fsp3) is 0.0952. The van der Waals surface area contributed by atoms with Crippen LogP contribution in [-0.2, 0) is 0 Å². The molecule has 1 unspecified atom stereocenters. The molecule has 0 saturated heterocycles. The number of aromatic nitrogens is 6. The normalized spacial score (nSPS) is 12.3. The number of hydrogen-bond acceptors (Lipinski definition) is 7. The summed E-state index contributed by atoms with van der Waals surface area (Å²) in [5.74, 6) is 0.0440. The van der Waals surface area contributed by atoms with E-state index in [1.807, 2.05) is 18.2 Å². The lowest BCUT2D eigenvalue weighted by molar-refractivity contribution is 0.276. The van der Waals surface area contributed by atoms with Crippen molar-refractivity contribution in [2.24, 2.45) is 0 Å². The highest BCUT2D eigenvalue weighted by atomic mass is 19.1. The van der Waals surface area contributed by atoms with Crippen molar-refractivity contribution >= 4 is 27.9 Å². The Morgan fingerprint density at radius 3 is 2.73 bits per heavy atom. The van der Waals surface area contributed by atoms with Crippen LogP contribution in [0.3, 0.4) is 0 Å². The van der Waals surface area contributed by atoms with Gasteiger partial charge in [-0.05, 0) is 29.8 Å². The third-order valence-corrected chi connectivity index (χ3v) is 4.86. The first-order valence-electron chi connectivity index (χ1n) is 9.25. The van der Waals surface area contributed by atoms with Crippen molar-refractivity contribution in [1.82, 2.24) is 30.1 Å². The molecule has 0 aliphatic heterocycles. The van der Waals surface area contributed by atoms with E-state index in [4.69, 9.17) is 0 Å². The van der Waals surface area contributed by atoms with Gasteiger partial charge in [-0.2, -0.15) is 5.10 Å². The number of benzene rings is 2. The second-order valence-electron chi connectivity index (χ2n) is 6.75. The minimum absolute atomic E-state index is 0.180. The molecule has 9 heteroatoms. The molecule has 3 aromatic heterocycles. The maximum Gasteiger partial charge on any atom is 0.223 e. The first kappa shape index (κ1) is 18.1. The molecule has 0 fully saturated rings. The van der Waals surface area contributed by atoms with E-state index in [9.17, 15) is 9.50 Å². The van der Waals surface area contributed by atoms with E-state index in [1.54, 1.807) is 24.5 Å². The van der Waals surface area contributed by atoms with Crippen molar-refractivity contribution in [3.63, 3.8) is 0 Å². The predicted octanol–water partition coefficient (Wildman–Crippen LogP) is 3.25. The molecule has 0 bridgehead atoms. The lowest BCUT2D eigenvalue weighted by Gasteiger charge is -2.17. The number of nitrogens with zero attached hydrogens (tertiary/aromatic N) is 5. The van der Waals surface area contributed by atoms with Gasteiger partial charge in [-0.3, -0.25) is 5.10 Å². The highest BCUT2D eigenvalue weighted by molar-refractivity contribution is 5.93. The summed E-state index contributed by atoms with van der Waals surface area (Å²) in [4.78, 5) is 17.4. The summed E-state index contributed by atoms with van der Waals surface area (Å²) in [6, 6.07) is 11.3. The highest BCUT2D eigenvalue weighted by Crippen LogP contribution is 2.27. The minimum atomic E-state index is -0.447. The molecule has 0 saturated carbocycles. The van der Waals surface area contributed by atoms with Crippen LogP contribution >= 0.6 is 0 Å². The van der Waals surface area contributed by atoms with Gasteiger partial charge in [-0.1, -0.05) is 18.2 Å². The second kappa shape index (κ2) is 7.45. The van der Waals surface area contributed by atoms with Crippen LogP contribution in [0.2, 0.25) is 0 Å². The summed E-state index contributed by atoms with van der Waals surface area (Å²) in [5, 5.41) is 21.4. The van der Waals surface area contributed by atoms with Crippen LogP contribution in [0.4, 0.5) is 10.3 Å². The van der Waals surface area contributed by atoms with Crippen molar-refractivity contribution in [3.05, 3.63) is 72.6 Å². The van der Waals surface area contributed by atoms with Crippen LogP contribution in [0.1, 0.15) is 11.6 Å². The maximum absolute atomic E-state index is 13.2. The van der Waals surface area contributed by atoms with Gasteiger partial charge >= 0.3 is 0 Å². The summed E-state index contributed by atoms with van der Waals surface area (Å²) in [7, 11) is 0. The largest absolute Gasteiger partial charge is 0.394 e. The molecule has 0 aliphatic carbocycles. The van der Waals surface area contributed by atoms with E-state index in [0.29, 0.717) is 11.6 Å². The summed E-state index contributed by atoms with van der Waals surface area (Å²) in [6.07, 6.45) is 4.90. The third-order valence-electron chi connectivity index (χ3n) is 4.86. The number of halogens is 1. The Kier molecular flexibility index (Phi) is 4.49. The third kappa shape index (κ3) is 3.31. The van der Waals surface area contributed by atoms with E-state index in [2.05, 4.69) is 35.5 Å². The molecule has 5 rings (SSSR count). The molecule has 8 nitrogen and oxygen atoms in total. The van der Waals surface area contributed by atoms with Crippen LogP contribution in [-0.4, -0.2) is 41.8 Å². The van der Waals surface area contributed by atoms with E-state index < -0.39 is 6.04 Å². The molecule has 5 aromatic rings. The summed E-state index contributed by atoms with van der Waals surface area (Å²) in [6.45, 7) is -0.180. The number of H-pyrrole nitrogens is 1. The molecule has 0 spiro atoms. The molecule has 3 N–H and O–H groups in total. The SMILES string of the molecule is OCC(Nc1ncc2cc(-c3ncnc4[nH]ncc34)ccc2n1)c1ccc(F)cc1. The van der Waals surface area contributed by atoms with Gasteiger partial charge in [0.15, 0.2) is 5.65 Å². The van der Waals surface area contributed by atoms with Crippen molar-refractivity contribution in [2.75, 3.05) is 11.9 Å². The highest BCUT2D eigenvalue weighted by Gasteiger charge is 2.13. The molecule has 3 heterocycles. The van der Waals surface area contributed by atoms with Crippen LogP contribution in [0.15, 0.2) is 61.2 Å². The van der Waals surface area contributed by atoms with Gasteiger partial charge in [0.25, 0.3) is 0 Å². The summed E-state index contributed by atoms with van der Waals surface area (Å²) >= 11 is 0. The van der Waals surface area contributed by atoms with E-state index in [-0.39, 0.29) is 12.4 Å². The lowest BCUT2D eigenvalue weighted by atomic mass is 10.1. The van der Waals surface area contributed by atoms with Crippen molar-refractivity contribution in [2.45, 2.75) is 6.04 Å². The molecule has 0 aliphatic rings. The summed E-state index contributed by atoms with van der Waals surface area (Å²) < 4.78 is 13.2. The predicted molar refractivity (Wildman–Crippen MR) is 110 cm³/mol. The zero-order chi connectivity index (χ0) is 20.5. The number of rotatable bonds is 5. The number of hydrogen-bond donors (Lipinski definition) is 3. The number of aliphatic hydroxyl groups is 1. The first-order chi connectivity index (χ1) is 14.7. The summed E-state index contributed by atoms with van der Waals surface area (Å²) in [5.41, 5.74) is 3.83. The average molecular weight is 401 g/mol. The molecule has 148 valence electrons. The van der Waals surface area contributed by atoms with Gasteiger partial charge in [0.2, 0.25) is 5.95 Å². The van der Waals surface area contributed by atoms with Crippen LogP contribution < -0.4 is 5.32 Å². The second-order valence-corrected chi connectivity index (χ2v) is 6.75. The smallest absolute Gasteiger partial charge is 0.223 e. The van der Waals surface area contributed by atoms with E-state index in [0.717, 1.165) is 33.1 Å². The van der Waals surface area contributed by atoms with E-state index in [1.165, 1.54) is 18.5 Å². The van der Waals surface area contributed by atoms with Gasteiger partial charge in [0.1, 0.15) is 12.1 Å². The number of fused-ring (bicyclic) bond motifs is 2. The molecule has 30 heavy (non-hydrogen) atoms. The number of nitrogens with one attached hydrogen (secondary N) is 2. The zero-order valence-electron chi connectivity index (χ0n) is 15.6. The Morgan fingerprint density at radius 1 is 1.03 bits per heavy atom. The maximum atomic E-state index is 13.2. The zero-order valence-corrected chi connectivity index (χ0v) is 15.6. The molecule has 0 radical (unpaired) electrons. The van der Waals surface area contributed by atoms with E-state index >= 15 is 0 Å². The molecule has 1 atom stereocenters. The van der Waals surface area contributed by atoms with Crippen molar-refractivity contribution in [3.8, 4) is 11.3 Å². The number of aromatic amines is 1. The molecule has 2 aromatic carbocycles. The Morgan fingerprint density at radius 2 is 1.90 bits per heavy atom. The van der Waals surface area contributed by atoms with Gasteiger partial charge in [-0.25, -0.2) is 24.3 Å².